The van der Waals surface area contributed by atoms with E-state index in [2.05, 4.69) is 5.32 Å². The second kappa shape index (κ2) is 7.06. The van der Waals surface area contributed by atoms with Crippen molar-refractivity contribution in [3.8, 4) is 5.75 Å². The molecule has 2 amide bonds. The molecule has 1 fully saturated rings. The Morgan fingerprint density at radius 2 is 2.16 bits per heavy atom. The van der Waals surface area contributed by atoms with Crippen molar-refractivity contribution >= 4 is 23.4 Å². The number of benzene rings is 1. The van der Waals surface area contributed by atoms with E-state index in [1.54, 1.807) is 10.6 Å². The molecule has 0 aliphatic carbocycles. The van der Waals surface area contributed by atoms with Crippen molar-refractivity contribution in [3.05, 3.63) is 61.8 Å². The zero-order chi connectivity index (χ0) is 22.0. The van der Waals surface area contributed by atoms with Crippen molar-refractivity contribution in [2.24, 2.45) is 0 Å². The lowest BCUT2D eigenvalue weighted by molar-refractivity contribution is -0.0308. The van der Waals surface area contributed by atoms with E-state index in [-0.39, 0.29) is 40.5 Å². The summed E-state index contributed by atoms with van der Waals surface area (Å²) in [6.07, 6.45) is 0.253. The van der Waals surface area contributed by atoms with Crippen LogP contribution < -0.4 is 10.7 Å². The number of aromatic nitrogens is 1. The number of pyridine rings is 1. The molecule has 5 rings (SSSR count). The Labute approximate surface area is 181 Å². The molecule has 3 aliphatic rings. The summed E-state index contributed by atoms with van der Waals surface area (Å²) in [5.41, 5.74) is -0.710. The number of aromatic hydroxyl groups is 1. The molecule has 0 saturated carbocycles. The van der Waals surface area contributed by atoms with Crippen LogP contribution in [0.25, 0.3) is 0 Å². The van der Waals surface area contributed by atoms with Crippen molar-refractivity contribution < 1.29 is 23.8 Å². The predicted octanol–water partition coefficient (Wildman–Crippen LogP) is 1.96. The molecule has 2 aromatic rings. The van der Waals surface area contributed by atoms with E-state index in [1.807, 2.05) is 6.92 Å². The molecular formula is C21H19ClFN3O5. The highest BCUT2D eigenvalue weighted by molar-refractivity contribution is 6.30. The van der Waals surface area contributed by atoms with Crippen molar-refractivity contribution in [1.29, 1.82) is 0 Å². The fraction of sp³-hybridized carbons (Fsp3) is 0.381. The summed E-state index contributed by atoms with van der Waals surface area (Å²) in [6.45, 7) is 2.03. The first-order valence-corrected chi connectivity index (χ1v) is 10.3. The molecule has 0 radical (unpaired) electrons. The maximum atomic E-state index is 14.1. The van der Waals surface area contributed by atoms with Gasteiger partial charge in [0.2, 0.25) is 5.43 Å². The normalized spacial score (nSPS) is 23.6. The van der Waals surface area contributed by atoms with Gasteiger partial charge >= 0.3 is 0 Å². The first-order chi connectivity index (χ1) is 14.8. The van der Waals surface area contributed by atoms with E-state index >= 15 is 0 Å². The van der Waals surface area contributed by atoms with Gasteiger partial charge in [-0.05, 0) is 25.8 Å². The summed E-state index contributed by atoms with van der Waals surface area (Å²) in [5, 5.41) is 13.0. The number of halogens is 2. The Balaban J connectivity index is 1.54. The number of nitrogens with one attached hydrogen (secondary N) is 1. The molecule has 4 heterocycles. The van der Waals surface area contributed by atoms with Gasteiger partial charge in [-0.3, -0.25) is 14.4 Å². The van der Waals surface area contributed by atoms with Crippen LogP contribution in [0.15, 0.2) is 23.0 Å². The number of ether oxygens (including phenoxy) is 1. The van der Waals surface area contributed by atoms with Gasteiger partial charge in [-0.1, -0.05) is 23.7 Å². The first-order valence-electron chi connectivity index (χ1n) is 9.97. The van der Waals surface area contributed by atoms with Crippen molar-refractivity contribution in [1.82, 2.24) is 14.8 Å². The van der Waals surface area contributed by atoms with Crippen LogP contribution in [0.5, 0.6) is 5.75 Å². The monoisotopic (exact) mass is 447 g/mol. The fourth-order valence-electron chi connectivity index (χ4n) is 4.78. The third-order valence-electron chi connectivity index (χ3n) is 6.12. The molecule has 2 N–H and O–H groups in total. The molecule has 10 heteroatoms. The topological polar surface area (TPSA) is 101 Å². The predicted molar refractivity (Wildman–Crippen MR) is 108 cm³/mol. The number of hydrogen-bond donors (Lipinski definition) is 2. The second-order valence-corrected chi connectivity index (χ2v) is 8.42. The third-order valence-corrected chi connectivity index (χ3v) is 6.41. The zero-order valence-electron chi connectivity index (χ0n) is 16.5. The van der Waals surface area contributed by atoms with E-state index in [0.717, 1.165) is 0 Å². The molecule has 3 aliphatic heterocycles. The van der Waals surface area contributed by atoms with Crippen LogP contribution in [-0.4, -0.2) is 45.3 Å². The van der Waals surface area contributed by atoms with Crippen LogP contribution in [0.4, 0.5) is 4.39 Å². The summed E-state index contributed by atoms with van der Waals surface area (Å²) < 4.78 is 21.6. The SMILES string of the molecule is C[C@@H]1CN2C(=O)c3c(O)c(=O)c(C(=O)NCc4cccc(Cl)c4F)c4n3C(CC4)C2O1. The Bertz CT molecular complexity index is 1200. The highest BCUT2D eigenvalue weighted by atomic mass is 35.5. The molecular weight excluding hydrogens is 429 g/mol. The molecule has 2 unspecified atom stereocenters. The van der Waals surface area contributed by atoms with Gasteiger partial charge in [0.25, 0.3) is 11.8 Å². The maximum absolute atomic E-state index is 14.1. The van der Waals surface area contributed by atoms with Crippen LogP contribution in [0.1, 0.15) is 51.5 Å². The number of rotatable bonds is 3. The summed E-state index contributed by atoms with van der Waals surface area (Å²) in [4.78, 5) is 40.3. The Kier molecular flexibility index (Phi) is 4.56. The number of nitrogens with zero attached hydrogens (tertiary/aromatic N) is 2. The van der Waals surface area contributed by atoms with Crippen LogP contribution in [0.3, 0.4) is 0 Å². The molecule has 1 aromatic carbocycles. The maximum Gasteiger partial charge on any atom is 0.276 e. The minimum atomic E-state index is -0.911. The number of carbonyl (C=O) groups excluding carboxylic acids is 2. The summed E-state index contributed by atoms with van der Waals surface area (Å²) >= 11 is 5.77. The zero-order valence-corrected chi connectivity index (χ0v) is 17.3. The number of carbonyl (C=O) groups is 2. The van der Waals surface area contributed by atoms with Gasteiger partial charge in [0.1, 0.15) is 11.4 Å². The lowest BCUT2D eigenvalue weighted by Gasteiger charge is -2.36. The van der Waals surface area contributed by atoms with E-state index in [0.29, 0.717) is 25.1 Å². The molecule has 162 valence electrons. The van der Waals surface area contributed by atoms with Gasteiger partial charge in [-0.25, -0.2) is 4.39 Å². The number of hydrogen-bond acceptors (Lipinski definition) is 5. The minimum Gasteiger partial charge on any atom is -0.503 e. The van der Waals surface area contributed by atoms with Crippen LogP contribution in [-0.2, 0) is 17.7 Å². The van der Waals surface area contributed by atoms with Crippen molar-refractivity contribution in [2.75, 3.05) is 6.54 Å². The van der Waals surface area contributed by atoms with E-state index in [9.17, 15) is 23.9 Å². The van der Waals surface area contributed by atoms with Crippen molar-refractivity contribution in [2.45, 2.75) is 44.7 Å². The smallest absolute Gasteiger partial charge is 0.276 e. The van der Waals surface area contributed by atoms with Crippen LogP contribution >= 0.6 is 11.6 Å². The lowest BCUT2D eigenvalue weighted by atomic mass is 10.1. The van der Waals surface area contributed by atoms with Gasteiger partial charge in [-0.15, -0.1) is 0 Å². The molecule has 1 saturated heterocycles. The number of fused-ring (bicyclic) bond motifs is 2. The van der Waals surface area contributed by atoms with E-state index < -0.39 is 35.0 Å². The molecule has 0 spiro atoms. The van der Waals surface area contributed by atoms with Gasteiger partial charge in [-0.2, -0.15) is 0 Å². The highest BCUT2D eigenvalue weighted by Gasteiger charge is 2.50. The second-order valence-electron chi connectivity index (χ2n) is 8.01. The largest absolute Gasteiger partial charge is 0.503 e. The number of amides is 2. The fourth-order valence-corrected chi connectivity index (χ4v) is 4.97. The first kappa shape index (κ1) is 20.0. The molecule has 31 heavy (non-hydrogen) atoms. The Morgan fingerprint density at radius 1 is 1.39 bits per heavy atom. The Hall–Kier alpha value is -2.91. The average molecular weight is 448 g/mol. The van der Waals surface area contributed by atoms with E-state index in [4.69, 9.17) is 16.3 Å². The standard InChI is InChI=1S/C21H19ClFN3O5/c1-9-8-25-20(30)16-18(28)17(27)14(12-5-6-13(26(12)16)21(25)31-9)19(29)24-7-10-3-2-4-11(22)15(10)23/h2-4,9,13,21,28H,5-8H2,1H3,(H,24,29)/t9-,13?,21?/m1/s1. The van der Waals surface area contributed by atoms with Crippen molar-refractivity contribution in [3.63, 3.8) is 0 Å². The van der Waals surface area contributed by atoms with E-state index in [1.165, 1.54) is 17.0 Å². The summed E-state index contributed by atoms with van der Waals surface area (Å²) in [6, 6.07) is 4.12. The summed E-state index contributed by atoms with van der Waals surface area (Å²) in [7, 11) is 0. The van der Waals surface area contributed by atoms with Gasteiger partial charge in [0.15, 0.2) is 17.7 Å². The molecule has 1 aromatic heterocycles. The highest BCUT2D eigenvalue weighted by Crippen LogP contribution is 2.42. The van der Waals surface area contributed by atoms with Gasteiger partial charge < -0.3 is 24.6 Å². The van der Waals surface area contributed by atoms with Gasteiger partial charge in [0.05, 0.1) is 17.2 Å². The lowest BCUT2D eigenvalue weighted by Crippen LogP contribution is -2.48. The van der Waals surface area contributed by atoms with Crippen LogP contribution in [0, 0.1) is 5.82 Å². The van der Waals surface area contributed by atoms with Crippen LogP contribution in [0.2, 0.25) is 5.02 Å². The minimum absolute atomic E-state index is 0.0754. The molecule has 8 nitrogen and oxygen atoms in total. The quantitative estimate of drug-likeness (QED) is 0.749. The summed E-state index contributed by atoms with van der Waals surface area (Å²) in [5.74, 6) is -2.65. The Morgan fingerprint density at radius 3 is 2.94 bits per heavy atom. The average Bonchev–Trinajstić information content (AvgIpc) is 3.33. The van der Waals surface area contributed by atoms with Gasteiger partial charge in [0, 0.05) is 24.3 Å². The third kappa shape index (κ3) is 2.87. The molecule has 3 atom stereocenters. The molecule has 0 bridgehead atoms.